The first-order chi connectivity index (χ1) is 12.0. The Morgan fingerprint density at radius 2 is 1.92 bits per heavy atom. The molecule has 0 bridgehead atoms. The third-order valence-corrected chi connectivity index (χ3v) is 5.19. The van der Waals surface area contributed by atoms with Crippen LogP contribution in [0.1, 0.15) is 41.2 Å². The fourth-order valence-corrected chi connectivity index (χ4v) is 3.91. The molecule has 0 atom stereocenters. The van der Waals surface area contributed by atoms with Crippen LogP contribution in [0.15, 0.2) is 24.3 Å². The van der Waals surface area contributed by atoms with Crippen molar-refractivity contribution in [3.05, 3.63) is 35.5 Å². The maximum atomic E-state index is 12.4. The average Bonchev–Trinajstić information content (AvgIpc) is 2.93. The molecule has 1 aliphatic heterocycles. The van der Waals surface area contributed by atoms with E-state index in [0.29, 0.717) is 24.4 Å². The van der Waals surface area contributed by atoms with Gasteiger partial charge in [-0.15, -0.1) is 0 Å². The van der Waals surface area contributed by atoms with Crippen LogP contribution < -0.4 is 5.73 Å². The number of primary amides is 1. The van der Waals surface area contributed by atoms with Gasteiger partial charge in [-0.25, -0.2) is 4.79 Å². The van der Waals surface area contributed by atoms with Crippen molar-refractivity contribution in [2.45, 2.75) is 25.2 Å². The monoisotopic (exact) mass is 343 g/mol. The zero-order valence-corrected chi connectivity index (χ0v) is 14.8. The minimum absolute atomic E-state index is 0.260. The summed E-state index contributed by atoms with van der Waals surface area (Å²) in [6, 6.07) is 7.95. The lowest BCUT2D eigenvalue weighted by molar-refractivity contribution is -0.118. The Balaban J connectivity index is 1.88. The largest absolute Gasteiger partial charge is 0.465 e. The summed E-state index contributed by atoms with van der Waals surface area (Å²) in [6.07, 6.45) is 2.30. The molecule has 0 spiro atoms. The van der Waals surface area contributed by atoms with Crippen molar-refractivity contribution >= 4 is 22.8 Å². The van der Waals surface area contributed by atoms with Gasteiger partial charge in [-0.3, -0.25) is 4.79 Å². The van der Waals surface area contributed by atoms with E-state index in [4.69, 9.17) is 10.5 Å². The van der Waals surface area contributed by atoms with Crippen LogP contribution in [0.25, 0.3) is 10.9 Å². The molecule has 2 aromatic rings. The third-order valence-electron chi connectivity index (χ3n) is 5.19. The second kappa shape index (κ2) is 7.27. The Morgan fingerprint density at radius 1 is 1.24 bits per heavy atom. The van der Waals surface area contributed by atoms with Crippen molar-refractivity contribution in [2.75, 3.05) is 26.7 Å². The van der Waals surface area contributed by atoms with Gasteiger partial charge in [0.15, 0.2) is 0 Å². The smallest absolute Gasteiger partial charge is 0.340 e. The molecule has 1 amide bonds. The summed E-state index contributed by atoms with van der Waals surface area (Å²) in [5.41, 5.74) is 8.04. The number of methoxy groups -OCH3 is 1. The summed E-state index contributed by atoms with van der Waals surface area (Å²) in [5, 5.41) is 0.947. The molecular weight excluding hydrogens is 318 g/mol. The minimum Gasteiger partial charge on any atom is -0.465 e. The first-order valence-electron chi connectivity index (χ1n) is 8.69. The molecule has 1 saturated heterocycles. The standard InChI is InChI=1S/C19H25N3O3/c1-21-15-6-4-3-5-14(15)17(19(24)25-2)18(21)13-7-10-22(11-8-13)12-9-16(20)23/h3-6,13H,7-12H2,1-2H3,(H2,20,23). The first-order valence-corrected chi connectivity index (χ1v) is 8.69. The van der Waals surface area contributed by atoms with E-state index in [1.54, 1.807) is 0 Å². The zero-order valence-electron chi connectivity index (χ0n) is 14.8. The molecule has 6 heteroatoms. The van der Waals surface area contributed by atoms with Crippen LogP contribution in [0, 0.1) is 0 Å². The second-order valence-corrected chi connectivity index (χ2v) is 6.66. The number of esters is 1. The molecule has 1 fully saturated rings. The lowest BCUT2D eigenvalue weighted by atomic mass is 9.90. The van der Waals surface area contributed by atoms with E-state index in [-0.39, 0.29) is 11.9 Å². The molecule has 3 rings (SSSR count). The molecule has 2 heterocycles. The van der Waals surface area contributed by atoms with Crippen LogP contribution in [0.5, 0.6) is 0 Å². The van der Waals surface area contributed by atoms with Crippen molar-refractivity contribution in [1.29, 1.82) is 0 Å². The Labute approximate surface area is 147 Å². The molecule has 0 radical (unpaired) electrons. The van der Waals surface area contributed by atoms with Crippen LogP contribution in [-0.4, -0.2) is 48.1 Å². The highest BCUT2D eigenvalue weighted by atomic mass is 16.5. The van der Waals surface area contributed by atoms with Gasteiger partial charge >= 0.3 is 5.97 Å². The summed E-state index contributed by atoms with van der Waals surface area (Å²) < 4.78 is 7.19. The highest BCUT2D eigenvalue weighted by Crippen LogP contribution is 2.36. The number of para-hydroxylation sites is 1. The number of aryl methyl sites for hydroxylation is 1. The molecule has 25 heavy (non-hydrogen) atoms. The topological polar surface area (TPSA) is 77.6 Å². The highest BCUT2D eigenvalue weighted by Gasteiger charge is 2.30. The number of nitrogens with two attached hydrogens (primary N) is 1. The summed E-state index contributed by atoms with van der Waals surface area (Å²) in [6.45, 7) is 2.52. The molecule has 1 aromatic heterocycles. The van der Waals surface area contributed by atoms with E-state index in [1.807, 2.05) is 31.3 Å². The number of carbonyl (C=O) groups is 2. The van der Waals surface area contributed by atoms with Crippen LogP contribution in [0.4, 0.5) is 0 Å². The Morgan fingerprint density at radius 3 is 2.56 bits per heavy atom. The predicted octanol–water partition coefficient (Wildman–Crippen LogP) is 2.02. The van der Waals surface area contributed by atoms with Crippen LogP contribution in [0.2, 0.25) is 0 Å². The van der Waals surface area contributed by atoms with Gasteiger partial charge in [-0.05, 0) is 32.0 Å². The predicted molar refractivity (Wildman–Crippen MR) is 96.5 cm³/mol. The molecule has 1 aromatic carbocycles. The molecule has 2 N–H and O–H groups in total. The van der Waals surface area contributed by atoms with E-state index in [1.165, 1.54) is 7.11 Å². The first kappa shape index (κ1) is 17.5. The second-order valence-electron chi connectivity index (χ2n) is 6.66. The maximum Gasteiger partial charge on any atom is 0.340 e. The number of carbonyl (C=O) groups excluding carboxylic acids is 2. The van der Waals surface area contributed by atoms with Gasteiger partial charge in [0.2, 0.25) is 5.91 Å². The number of piperidine rings is 1. The lowest BCUT2D eigenvalue weighted by Crippen LogP contribution is -2.36. The molecule has 6 nitrogen and oxygen atoms in total. The third kappa shape index (κ3) is 3.39. The van der Waals surface area contributed by atoms with Crippen molar-refractivity contribution in [2.24, 2.45) is 12.8 Å². The molecular formula is C19H25N3O3. The van der Waals surface area contributed by atoms with E-state index in [0.717, 1.165) is 42.5 Å². The summed E-state index contributed by atoms with van der Waals surface area (Å²) in [4.78, 5) is 25.7. The molecule has 0 unspecified atom stereocenters. The lowest BCUT2D eigenvalue weighted by Gasteiger charge is -2.32. The van der Waals surface area contributed by atoms with Gasteiger partial charge in [0.1, 0.15) is 0 Å². The number of rotatable bonds is 5. The van der Waals surface area contributed by atoms with Crippen LogP contribution in [-0.2, 0) is 16.6 Å². The Kier molecular flexibility index (Phi) is 5.08. The Bertz CT molecular complexity index is 789. The van der Waals surface area contributed by atoms with E-state index in [9.17, 15) is 9.59 Å². The van der Waals surface area contributed by atoms with E-state index < -0.39 is 0 Å². The van der Waals surface area contributed by atoms with Gasteiger partial charge in [0.25, 0.3) is 0 Å². The number of hydrogen-bond donors (Lipinski definition) is 1. The van der Waals surface area contributed by atoms with Crippen molar-refractivity contribution < 1.29 is 14.3 Å². The summed E-state index contributed by atoms with van der Waals surface area (Å²) >= 11 is 0. The number of fused-ring (bicyclic) bond motifs is 1. The number of nitrogens with zero attached hydrogens (tertiary/aromatic N) is 2. The van der Waals surface area contributed by atoms with Crippen LogP contribution >= 0.6 is 0 Å². The number of aromatic nitrogens is 1. The van der Waals surface area contributed by atoms with Gasteiger partial charge in [0, 0.05) is 42.5 Å². The maximum absolute atomic E-state index is 12.4. The number of ether oxygens (including phenoxy) is 1. The summed E-state index contributed by atoms with van der Waals surface area (Å²) in [7, 11) is 3.45. The normalized spacial score (nSPS) is 16.2. The minimum atomic E-state index is -0.275. The number of likely N-dealkylation sites (tertiary alicyclic amines) is 1. The number of hydrogen-bond acceptors (Lipinski definition) is 4. The quantitative estimate of drug-likeness (QED) is 0.843. The van der Waals surface area contributed by atoms with Gasteiger partial charge in [-0.2, -0.15) is 0 Å². The highest BCUT2D eigenvalue weighted by molar-refractivity contribution is 6.06. The zero-order chi connectivity index (χ0) is 18.0. The van der Waals surface area contributed by atoms with Crippen LogP contribution in [0.3, 0.4) is 0 Å². The number of amides is 1. The van der Waals surface area contributed by atoms with Crippen molar-refractivity contribution in [3.63, 3.8) is 0 Å². The van der Waals surface area contributed by atoms with Gasteiger partial charge in [0.05, 0.1) is 12.7 Å². The van der Waals surface area contributed by atoms with Gasteiger partial charge < -0.3 is 19.9 Å². The fourth-order valence-electron chi connectivity index (χ4n) is 3.91. The van der Waals surface area contributed by atoms with Crippen molar-refractivity contribution in [3.8, 4) is 0 Å². The SMILES string of the molecule is COC(=O)c1c(C2CCN(CCC(N)=O)CC2)n(C)c2ccccc12. The number of benzene rings is 1. The molecule has 0 saturated carbocycles. The molecule has 1 aliphatic rings. The van der Waals surface area contributed by atoms with E-state index in [2.05, 4.69) is 9.47 Å². The van der Waals surface area contributed by atoms with Gasteiger partial charge in [-0.1, -0.05) is 18.2 Å². The molecule has 134 valence electrons. The van der Waals surface area contributed by atoms with Crippen molar-refractivity contribution in [1.82, 2.24) is 9.47 Å². The molecule has 0 aliphatic carbocycles. The fraction of sp³-hybridized carbons (Fsp3) is 0.474. The Hall–Kier alpha value is -2.34. The summed E-state index contributed by atoms with van der Waals surface area (Å²) in [5.74, 6) is -0.233. The average molecular weight is 343 g/mol. The van der Waals surface area contributed by atoms with E-state index >= 15 is 0 Å².